The summed E-state index contributed by atoms with van der Waals surface area (Å²) in [6, 6.07) is 14.7. The van der Waals surface area contributed by atoms with Crippen molar-refractivity contribution in [1.82, 2.24) is 14.8 Å². The maximum Gasteiger partial charge on any atom is 0.265 e. The highest BCUT2D eigenvalue weighted by molar-refractivity contribution is 7.99. The molecule has 0 saturated heterocycles. The second kappa shape index (κ2) is 8.81. The highest BCUT2D eigenvalue weighted by Gasteiger charge is 2.32. The molecule has 2 aromatic carbocycles. The molecule has 1 N–H and O–H groups in total. The van der Waals surface area contributed by atoms with E-state index in [0.29, 0.717) is 22.4 Å². The predicted molar refractivity (Wildman–Crippen MR) is 119 cm³/mol. The molecule has 0 saturated carbocycles. The van der Waals surface area contributed by atoms with Crippen LogP contribution in [0, 0.1) is 6.92 Å². The van der Waals surface area contributed by atoms with E-state index in [1.807, 2.05) is 74.0 Å². The van der Waals surface area contributed by atoms with Gasteiger partial charge in [-0.15, -0.1) is 10.2 Å². The Labute approximate surface area is 184 Å². The fraction of sp³-hybridized carbons (Fsp3) is 0.273. The Bertz CT molecular complexity index is 1130. The lowest BCUT2D eigenvalue weighted by Gasteiger charge is -2.33. The lowest BCUT2D eigenvalue weighted by molar-refractivity contribution is -0.121. The van der Waals surface area contributed by atoms with Crippen LogP contribution in [0.4, 0.5) is 11.4 Å². The van der Waals surface area contributed by atoms with Crippen molar-refractivity contribution >= 4 is 35.0 Å². The average molecular weight is 438 g/mol. The molecule has 3 aromatic rings. The molecule has 4 rings (SSSR count). The van der Waals surface area contributed by atoms with Gasteiger partial charge in [0.25, 0.3) is 5.91 Å². The van der Waals surface area contributed by atoms with Crippen molar-refractivity contribution in [3.8, 4) is 5.75 Å². The van der Waals surface area contributed by atoms with Crippen LogP contribution >= 0.6 is 11.8 Å². The van der Waals surface area contributed by atoms with Crippen molar-refractivity contribution in [3.05, 3.63) is 59.9 Å². The molecule has 160 valence electrons. The summed E-state index contributed by atoms with van der Waals surface area (Å²) in [5.41, 5.74) is 2.56. The topological polar surface area (TPSA) is 89.3 Å². The number of fused-ring (bicyclic) bond motifs is 1. The number of carbonyl (C=O) groups excluding carboxylic acids is 2. The van der Waals surface area contributed by atoms with E-state index >= 15 is 0 Å². The van der Waals surface area contributed by atoms with E-state index in [-0.39, 0.29) is 30.2 Å². The van der Waals surface area contributed by atoms with Crippen LogP contribution in [0.2, 0.25) is 0 Å². The zero-order chi connectivity index (χ0) is 22.0. The summed E-state index contributed by atoms with van der Waals surface area (Å²) >= 11 is 1.30. The van der Waals surface area contributed by atoms with Crippen molar-refractivity contribution in [2.45, 2.75) is 25.0 Å². The number of carbonyl (C=O) groups is 2. The molecule has 9 heteroatoms. The zero-order valence-electron chi connectivity index (χ0n) is 17.5. The van der Waals surface area contributed by atoms with Gasteiger partial charge in [0, 0.05) is 12.7 Å². The van der Waals surface area contributed by atoms with Gasteiger partial charge in [0.15, 0.2) is 17.6 Å². The molecule has 0 aliphatic carbocycles. The van der Waals surface area contributed by atoms with E-state index < -0.39 is 0 Å². The Morgan fingerprint density at radius 3 is 2.84 bits per heavy atom. The number of aromatic nitrogens is 3. The molecule has 1 aliphatic rings. The Morgan fingerprint density at radius 1 is 1.23 bits per heavy atom. The van der Waals surface area contributed by atoms with Crippen molar-refractivity contribution < 1.29 is 14.3 Å². The summed E-state index contributed by atoms with van der Waals surface area (Å²) in [7, 11) is 1.84. The standard InChI is InChI=1S/C22H23N5O3S/c1-14-7-6-8-16(11-14)23-19(28)13-31-22-25-24-21(26(22)3)15(2)27-17-9-4-5-10-18(17)30-12-20(27)29/h4-11,15H,12-13H2,1-3H3,(H,23,28). The first-order chi connectivity index (χ1) is 14.9. The molecule has 2 heterocycles. The maximum atomic E-state index is 12.6. The molecule has 1 atom stereocenters. The minimum Gasteiger partial charge on any atom is -0.482 e. The number of nitrogens with one attached hydrogen (secondary N) is 1. The lowest BCUT2D eigenvalue weighted by Crippen LogP contribution is -2.41. The van der Waals surface area contributed by atoms with Crippen LogP contribution in [-0.4, -0.2) is 38.9 Å². The zero-order valence-corrected chi connectivity index (χ0v) is 18.3. The highest BCUT2D eigenvalue weighted by Crippen LogP contribution is 2.37. The number of ether oxygens (including phenoxy) is 1. The van der Waals surface area contributed by atoms with E-state index in [1.54, 1.807) is 4.90 Å². The van der Waals surface area contributed by atoms with E-state index in [9.17, 15) is 9.59 Å². The molecule has 1 unspecified atom stereocenters. The molecular formula is C22H23N5O3S. The lowest BCUT2D eigenvalue weighted by atomic mass is 10.1. The fourth-order valence-corrected chi connectivity index (χ4v) is 4.25. The van der Waals surface area contributed by atoms with Crippen molar-refractivity contribution in [2.24, 2.45) is 7.05 Å². The molecule has 0 bridgehead atoms. The quantitative estimate of drug-likeness (QED) is 0.595. The third-order valence-electron chi connectivity index (χ3n) is 5.01. The SMILES string of the molecule is Cc1cccc(NC(=O)CSc2nnc(C(C)N3C(=O)COc4ccccc43)n2C)c1. The van der Waals surface area contributed by atoms with Gasteiger partial charge in [-0.2, -0.15) is 0 Å². The second-order valence-corrected chi connectivity index (χ2v) is 8.24. The van der Waals surface area contributed by atoms with Crippen molar-refractivity contribution in [2.75, 3.05) is 22.6 Å². The monoisotopic (exact) mass is 437 g/mol. The summed E-state index contributed by atoms with van der Waals surface area (Å²) in [5.74, 6) is 1.24. The van der Waals surface area contributed by atoms with Crippen molar-refractivity contribution in [1.29, 1.82) is 0 Å². The normalized spacial score (nSPS) is 14.0. The van der Waals surface area contributed by atoms with Gasteiger partial charge in [-0.3, -0.25) is 14.5 Å². The van der Waals surface area contributed by atoms with Gasteiger partial charge in [-0.05, 0) is 43.7 Å². The average Bonchev–Trinajstić information content (AvgIpc) is 3.12. The second-order valence-electron chi connectivity index (χ2n) is 7.30. The van der Waals surface area contributed by atoms with Gasteiger partial charge >= 0.3 is 0 Å². The van der Waals surface area contributed by atoms with Crippen LogP contribution in [-0.2, 0) is 16.6 Å². The molecule has 2 amide bonds. The van der Waals surface area contributed by atoms with Gasteiger partial charge in [0.1, 0.15) is 5.75 Å². The number of nitrogens with zero attached hydrogens (tertiary/aromatic N) is 4. The van der Waals surface area contributed by atoms with Crippen LogP contribution in [0.3, 0.4) is 0 Å². The van der Waals surface area contributed by atoms with E-state index in [1.165, 1.54) is 11.8 Å². The Kier molecular flexibility index (Phi) is 5.94. The Balaban J connectivity index is 1.46. The predicted octanol–water partition coefficient (Wildman–Crippen LogP) is 3.34. The molecule has 1 aromatic heterocycles. The van der Waals surface area contributed by atoms with E-state index in [4.69, 9.17) is 4.74 Å². The number of para-hydroxylation sites is 2. The van der Waals surface area contributed by atoms with Gasteiger partial charge in [-0.25, -0.2) is 0 Å². The molecule has 8 nitrogen and oxygen atoms in total. The number of aryl methyl sites for hydroxylation is 1. The van der Waals surface area contributed by atoms with E-state index in [0.717, 1.165) is 11.3 Å². The summed E-state index contributed by atoms with van der Waals surface area (Å²) in [6.45, 7) is 3.87. The van der Waals surface area contributed by atoms with Gasteiger partial charge in [0.05, 0.1) is 17.5 Å². The first-order valence-electron chi connectivity index (χ1n) is 9.86. The first kappa shape index (κ1) is 20.9. The van der Waals surface area contributed by atoms with Crippen LogP contribution in [0.15, 0.2) is 53.7 Å². The van der Waals surface area contributed by atoms with Crippen LogP contribution in [0.25, 0.3) is 0 Å². The number of amides is 2. The molecule has 0 spiro atoms. The molecular weight excluding hydrogens is 414 g/mol. The van der Waals surface area contributed by atoms with Gasteiger partial charge in [0.2, 0.25) is 5.91 Å². The number of benzene rings is 2. The molecule has 0 radical (unpaired) electrons. The summed E-state index contributed by atoms with van der Waals surface area (Å²) in [6.07, 6.45) is 0. The number of anilines is 2. The first-order valence-corrected chi connectivity index (χ1v) is 10.8. The number of rotatable bonds is 6. The highest BCUT2D eigenvalue weighted by atomic mass is 32.2. The number of thioether (sulfide) groups is 1. The van der Waals surface area contributed by atoms with Gasteiger partial charge < -0.3 is 14.6 Å². The smallest absolute Gasteiger partial charge is 0.265 e. The van der Waals surface area contributed by atoms with Gasteiger partial charge in [-0.1, -0.05) is 36.0 Å². The summed E-state index contributed by atoms with van der Waals surface area (Å²) in [5, 5.41) is 12.0. The van der Waals surface area contributed by atoms with Crippen LogP contribution in [0.5, 0.6) is 5.75 Å². The van der Waals surface area contributed by atoms with Crippen molar-refractivity contribution in [3.63, 3.8) is 0 Å². The third kappa shape index (κ3) is 4.41. The van der Waals surface area contributed by atoms with E-state index in [2.05, 4.69) is 15.5 Å². The molecule has 1 aliphatic heterocycles. The van der Waals surface area contributed by atoms with Crippen LogP contribution < -0.4 is 15.0 Å². The summed E-state index contributed by atoms with van der Waals surface area (Å²) < 4.78 is 7.35. The van der Waals surface area contributed by atoms with Crippen LogP contribution in [0.1, 0.15) is 24.4 Å². The summed E-state index contributed by atoms with van der Waals surface area (Å²) in [4.78, 5) is 26.6. The minimum atomic E-state index is -0.342. The number of hydrogen-bond donors (Lipinski definition) is 1. The Hall–Kier alpha value is -3.33. The number of hydrogen-bond acceptors (Lipinski definition) is 6. The molecule has 0 fully saturated rings. The third-order valence-corrected chi connectivity index (χ3v) is 6.03. The Morgan fingerprint density at radius 2 is 2.03 bits per heavy atom. The maximum absolute atomic E-state index is 12.6. The minimum absolute atomic E-state index is 0.0139. The fourth-order valence-electron chi connectivity index (χ4n) is 3.53. The molecule has 31 heavy (non-hydrogen) atoms. The largest absolute Gasteiger partial charge is 0.482 e.